The molecule has 0 saturated carbocycles. The lowest BCUT2D eigenvalue weighted by Crippen LogP contribution is -2.50. The van der Waals surface area contributed by atoms with Crippen molar-refractivity contribution in [3.8, 4) is 0 Å². The second kappa shape index (κ2) is 8.86. The van der Waals surface area contributed by atoms with Crippen LogP contribution in [-0.4, -0.2) is 47.8 Å². The third-order valence-electron chi connectivity index (χ3n) is 5.92. The molecule has 0 spiro atoms. The minimum atomic E-state index is -0.919. The quantitative estimate of drug-likeness (QED) is 0.600. The second-order valence-corrected chi connectivity index (χ2v) is 8.05. The van der Waals surface area contributed by atoms with E-state index in [1.807, 2.05) is 24.3 Å². The van der Waals surface area contributed by atoms with Crippen LogP contribution in [0.15, 0.2) is 71.3 Å². The summed E-state index contributed by atoms with van der Waals surface area (Å²) in [5.74, 6) is -1.88. The molecule has 0 unspecified atom stereocenters. The summed E-state index contributed by atoms with van der Waals surface area (Å²) in [5.41, 5.74) is 2.90. The highest BCUT2D eigenvalue weighted by Gasteiger charge is 2.37. The maximum Gasteiger partial charge on any atom is 0.329 e. The van der Waals surface area contributed by atoms with Gasteiger partial charge in [-0.25, -0.2) is 4.79 Å². The first-order chi connectivity index (χ1) is 16.5. The number of fused-ring (bicyclic) bond motifs is 2. The Bertz CT molecular complexity index is 1270. The van der Waals surface area contributed by atoms with Gasteiger partial charge in [0.05, 0.1) is 17.6 Å². The predicted molar refractivity (Wildman–Crippen MR) is 121 cm³/mol. The summed E-state index contributed by atoms with van der Waals surface area (Å²) in [6.45, 7) is -0.516. The van der Waals surface area contributed by atoms with E-state index < -0.39 is 30.4 Å². The van der Waals surface area contributed by atoms with Crippen LogP contribution in [0, 0.1) is 0 Å². The number of carbonyl (C=O) groups excluding carboxylic acids is 4. The predicted octanol–water partition coefficient (Wildman–Crippen LogP) is 2.38. The number of furan rings is 1. The van der Waals surface area contributed by atoms with Gasteiger partial charge in [-0.1, -0.05) is 36.4 Å². The summed E-state index contributed by atoms with van der Waals surface area (Å²) in [6.07, 6.45) is 1.65. The Balaban J connectivity index is 1.33. The van der Waals surface area contributed by atoms with Crippen LogP contribution in [0.4, 0.5) is 11.4 Å². The Morgan fingerprint density at radius 3 is 2.53 bits per heavy atom. The molecule has 9 heteroatoms. The molecule has 1 aromatic heterocycles. The van der Waals surface area contributed by atoms with Crippen LogP contribution in [-0.2, 0) is 32.1 Å². The van der Waals surface area contributed by atoms with Crippen molar-refractivity contribution in [2.75, 3.05) is 23.4 Å². The molecule has 3 heterocycles. The van der Waals surface area contributed by atoms with Gasteiger partial charge in [0, 0.05) is 13.0 Å². The third kappa shape index (κ3) is 4.03. The number of carbonyl (C=O) groups is 4. The van der Waals surface area contributed by atoms with Crippen molar-refractivity contribution in [1.29, 1.82) is 0 Å². The van der Waals surface area contributed by atoms with Gasteiger partial charge in [-0.3, -0.25) is 19.3 Å². The van der Waals surface area contributed by atoms with Gasteiger partial charge in [0.1, 0.15) is 12.6 Å². The number of para-hydroxylation sites is 2. The van der Waals surface area contributed by atoms with Crippen LogP contribution in [0.25, 0.3) is 0 Å². The Morgan fingerprint density at radius 1 is 0.971 bits per heavy atom. The summed E-state index contributed by atoms with van der Waals surface area (Å²) in [4.78, 5) is 53.7. The van der Waals surface area contributed by atoms with E-state index in [0.29, 0.717) is 11.4 Å². The number of hydrogen-bond acceptors (Lipinski definition) is 6. The Morgan fingerprint density at radius 2 is 1.74 bits per heavy atom. The summed E-state index contributed by atoms with van der Waals surface area (Å²) in [6, 6.07) is 16.7. The lowest BCUT2D eigenvalue weighted by Gasteiger charge is -2.35. The monoisotopic (exact) mass is 459 g/mol. The van der Waals surface area contributed by atoms with Crippen molar-refractivity contribution >= 4 is 35.1 Å². The Kier molecular flexibility index (Phi) is 5.59. The normalized spacial score (nSPS) is 16.8. The highest BCUT2D eigenvalue weighted by Crippen LogP contribution is 2.29. The molecule has 0 fully saturated rings. The van der Waals surface area contributed by atoms with Gasteiger partial charge in [0.15, 0.2) is 12.4 Å². The van der Waals surface area contributed by atoms with Gasteiger partial charge >= 0.3 is 5.97 Å². The van der Waals surface area contributed by atoms with Crippen molar-refractivity contribution in [1.82, 2.24) is 4.90 Å². The average Bonchev–Trinajstić information content (AvgIpc) is 3.40. The summed E-state index contributed by atoms with van der Waals surface area (Å²) < 4.78 is 10.6. The van der Waals surface area contributed by atoms with Gasteiger partial charge in [0.2, 0.25) is 5.91 Å². The molecule has 9 nitrogen and oxygen atoms in total. The fraction of sp³-hybridized carbons (Fsp3) is 0.200. The van der Waals surface area contributed by atoms with Crippen molar-refractivity contribution in [2.24, 2.45) is 0 Å². The van der Waals surface area contributed by atoms with Crippen LogP contribution >= 0.6 is 0 Å². The molecule has 2 aromatic carbocycles. The molecule has 2 aliphatic heterocycles. The zero-order valence-corrected chi connectivity index (χ0v) is 18.1. The number of anilines is 2. The Hall–Kier alpha value is -4.40. The lowest BCUT2D eigenvalue weighted by molar-refractivity contribution is -0.153. The number of benzene rings is 2. The van der Waals surface area contributed by atoms with Gasteiger partial charge in [-0.2, -0.15) is 0 Å². The van der Waals surface area contributed by atoms with Crippen LogP contribution in [0.2, 0.25) is 0 Å². The lowest BCUT2D eigenvalue weighted by atomic mass is 9.93. The second-order valence-electron chi connectivity index (χ2n) is 8.05. The molecule has 34 heavy (non-hydrogen) atoms. The van der Waals surface area contributed by atoms with Gasteiger partial charge in [-0.15, -0.1) is 0 Å². The number of amides is 3. The highest BCUT2D eigenvalue weighted by molar-refractivity contribution is 6.10. The van der Waals surface area contributed by atoms with E-state index in [-0.39, 0.29) is 31.2 Å². The van der Waals surface area contributed by atoms with Crippen molar-refractivity contribution < 1.29 is 28.3 Å². The first kappa shape index (κ1) is 21.4. The number of hydrogen-bond donors (Lipinski definition) is 1. The molecular weight excluding hydrogens is 438 g/mol. The van der Waals surface area contributed by atoms with E-state index in [1.165, 1.54) is 22.1 Å². The van der Waals surface area contributed by atoms with Crippen LogP contribution in [0.1, 0.15) is 21.7 Å². The van der Waals surface area contributed by atoms with Gasteiger partial charge in [0.25, 0.3) is 11.8 Å². The molecule has 5 rings (SSSR count). The molecule has 1 N–H and O–H groups in total. The van der Waals surface area contributed by atoms with E-state index in [1.54, 1.807) is 30.3 Å². The number of nitrogens with one attached hydrogen (secondary N) is 1. The van der Waals surface area contributed by atoms with E-state index in [9.17, 15) is 19.2 Å². The zero-order valence-electron chi connectivity index (χ0n) is 18.1. The summed E-state index contributed by atoms with van der Waals surface area (Å²) >= 11 is 0. The molecule has 0 radical (unpaired) electrons. The van der Waals surface area contributed by atoms with Crippen molar-refractivity contribution in [2.45, 2.75) is 19.0 Å². The van der Waals surface area contributed by atoms with Crippen molar-refractivity contribution in [3.63, 3.8) is 0 Å². The van der Waals surface area contributed by atoms with E-state index in [0.717, 1.165) is 11.1 Å². The van der Waals surface area contributed by atoms with E-state index in [2.05, 4.69) is 5.32 Å². The minimum absolute atomic E-state index is 0.115. The first-order valence-corrected chi connectivity index (χ1v) is 10.8. The highest BCUT2D eigenvalue weighted by atomic mass is 16.5. The van der Waals surface area contributed by atoms with Crippen LogP contribution in [0.5, 0.6) is 0 Å². The largest absolute Gasteiger partial charge is 0.459 e. The molecule has 3 amide bonds. The topological polar surface area (TPSA) is 109 Å². The minimum Gasteiger partial charge on any atom is -0.459 e. The van der Waals surface area contributed by atoms with Crippen LogP contribution < -0.4 is 10.2 Å². The smallest absolute Gasteiger partial charge is 0.329 e. The number of rotatable bonds is 4. The summed E-state index contributed by atoms with van der Waals surface area (Å²) in [5, 5.41) is 2.71. The van der Waals surface area contributed by atoms with E-state index >= 15 is 0 Å². The molecule has 2 aliphatic rings. The molecule has 0 saturated heterocycles. The fourth-order valence-electron chi connectivity index (χ4n) is 4.25. The summed E-state index contributed by atoms with van der Waals surface area (Å²) in [7, 11) is 0. The van der Waals surface area contributed by atoms with Crippen LogP contribution in [0.3, 0.4) is 0 Å². The SMILES string of the molecule is O=C1CN(C(=O)COC(=O)[C@@H]2Cc3ccccc3CN2C(=O)c2ccco2)c2ccccc2N1. The maximum atomic E-state index is 13.1. The molecule has 1 atom stereocenters. The number of esters is 1. The fourth-order valence-corrected chi connectivity index (χ4v) is 4.25. The van der Waals surface area contributed by atoms with Gasteiger partial charge < -0.3 is 19.4 Å². The molecular formula is C25H21N3O6. The molecule has 0 aliphatic carbocycles. The first-order valence-electron chi connectivity index (χ1n) is 10.8. The zero-order chi connectivity index (χ0) is 23.7. The molecule has 172 valence electrons. The van der Waals surface area contributed by atoms with Crippen molar-refractivity contribution in [3.05, 3.63) is 83.8 Å². The Labute approximate surface area is 194 Å². The van der Waals surface area contributed by atoms with E-state index in [4.69, 9.17) is 9.15 Å². The third-order valence-corrected chi connectivity index (χ3v) is 5.92. The molecule has 3 aromatic rings. The average molecular weight is 459 g/mol. The van der Waals surface area contributed by atoms with Gasteiger partial charge in [-0.05, 0) is 35.4 Å². The molecule has 0 bridgehead atoms. The standard InChI is InChI=1S/C25H21N3O6/c29-22-14-27(19-9-4-3-8-18(19)26-22)23(30)15-34-25(32)20-12-16-6-1-2-7-17(16)13-28(20)24(31)21-10-5-11-33-21/h1-11,20H,12-15H2,(H,26,29)/t20-/m0/s1. The maximum absolute atomic E-state index is 13.1. The number of ether oxygens (including phenoxy) is 1. The number of nitrogens with zero attached hydrogens (tertiary/aromatic N) is 2.